The number of H-pyrrole nitrogens is 1. The molecule has 4 rings (SSSR count). The summed E-state index contributed by atoms with van der Waals surface area (Å²) in [5.41, 5.74) is 6.22. The number of pyridine rings is 2. The maximum atomic E-state index is 13.5. The summed E-state index contributed by atoms with van der Waals surface area (Å²) in [6.07, 6.45) is -3.17. The molecule has 0 unspecified atom stereocenters. The first-order valence-electron chi connectivity index (χ1n) is 9.76. The number of fused-ring (bicyclic) bond motifs is 1. The van der Waals surface area contributed by atoms with Gasteiger partial charge in [0, 0.05) is 11.6 Å². The molecule has 4 N–H and O–H groups in total. The normalized spacial score (nSPS) is 10.9. The highest BCUT2D eigenvalue weighted by Crippen LogP contribution is 2.38. The molecule has 3 aromatic heterocycles. The summed E-state index contributed by atoms with van der Waals surface area (Å²) in [7, 11) is 0. The van der Waals surface area contributed by atoms with Crippen LogP contribution in [-0.2, 0) is 12.7 Å². The third kappa shape index (κ3) is 4.78. The van der Waals surface area contributed by atoms with E-state index in [2.05, 4.69) is 25.5 Å². The average molecular weight is 439 g/mol. The Bertz CT molecular complexity index is 1270. The monoisotopic (exact) mass is 439 g/mol. The van der Waals surface area contributed by atoms with Crippen LogP contribution in [0.25, 0.3) is 22.2 Å². The van der Waals surface area contributed by atoms with Crippen LogP contribution in [0, 0.1) is 11.3 Å². The summed E-state index contributed by atoms with van der Waals surface area (Å²) in [6, 6.07) is 11.7. The van der Waals surface area contributed by atoms with Crippen LogP contribution in [0.1, 0.15) is 30.7 Å². The second kappa shape index (κ2) is 9.34. The van der Waals surface area contributed by atoms with Gasteiger partial charge in [-0.25, -0.2) is 9.97 Å². The van der Waals surface area contributed by atoms with Crippen molar-refractivity contribution in [1.82, 2.24) is 20.2 Å². The van der Waals surface area contributed by atoms with E-state index in [4.69, 9.17) is 11.0 Å². The molecule has 7 nitrogen and oxygen atoms in total. The Hall–Kier alpha value is -4.13. The van der Waals surface area contributed by atoms with E-state index >= 15 is 0 Å². The highest BCUT2D eigenvalue weighted by Gasteiger charge is 2.34. The number of nitriles is 1. The zero-order chi connectivity index (χ0) is 23.3. The number of aromatic nitrogens is 4. The van der Waals surface area contributed by atoms with Gasteiger partial charge in [-0.3, -0.25) is 5.10 Å². The summed E-state index contributed by atoms with van der Waals surface area (Å²) < 4.78 is 40.5. The van der Waals surface area contributed by atoms with Crippen molar-refractivity contribution in [1.29, 1.82) is 5.26 Å². The first-order chi connectivity index (χ1) is 15.3. The van der Waals surface area contributed by atoms with Crippen LogP contribution in [0.4, 0.5) is 24.8 Å². The molecular weight excluding hydrogens is 419 g/mol. The summed E-state index contributed by atoms with van der Waals surface area (Å²) >= 11 is 0. The predicted octanol–water partition coefficient (Wildman–Crippen LogP) is 5.13. The molecule has 1 aromatic carbocycles. The van der Waals surface area contributed by atoms with Crippen molar-refractivity contribution in [3.05, 3.63) is 65.5 Å². The van der Waals surface area contributed by atoms with Gasteiger partial charge in [-0.15, -0.1) is 0 Å². The van der Waals surface area contributed by atoms with Gasteiger partial charge in [-0.1, -0.05) is 19.9 Å². The Morgan fingerprint density at radius 2 is 1.91 bits per heavy atom. The fourth-order valence-corrected chi connectivity index (χ4v) is 3.07. The van der Waals surface area contributed by atoms with Gasteiger partial charge in [-0.2, -0.15) is 23.5 Å². The Balaban J connectivity index is 0.00000141. The van der Waals surface area contributed by atoms with Gasteiger partial charge in [-0.05, 0) is 47.5 Å². The third-order valence-corrected chi connectivity index (χ3v) is 4.49. The third-order valence-electron chi connectivity index (χ3n) is 4.49. The lowest BCUT2D eigenvalue weighted by molar-refractivity contribution is -0.137. The minimum atomic E-state index is -4.59. The largest absolute Gasteiger partial charge is 0.417 e. The highest BCUT2D eigenvalue weighted by molar-refractivity contribution is 5.79. The number of hydrogen-bond acceptors (Lipinski definition) is 6. The van der Waals surface area contributed by atoms with Crippen molar-refractivity contribution in [2.45, 2.75) is 26.6 Å². The number of rotatable bonds is 4. The lowest BCUT2D eigenvalue weighted by Crippen LogP contribution is -2.08. The van der Waals surface area contributed by atoms with Gasteiger partial charge < -0.3 is 11.1 Å². The molecule has 0 radical (unpaired) electrons. The van der Waals surface area contributed by atoms with E-state index in [0.29, 0.717) is 29.4 Å². The van der Waals surface area contributed by atoms with E-state index in [1.54, 1.807) is 18.2 Å². The number of hydrogen-bond donors (Lipinski definition) is 3. The number of nitrogens with one attached hydrogen (secondary N) is 2. The first-order valence-corrected chi connectivity index (χ1v) is 9.76. The molecule has 4 aromatic rings. The van der Waals surface area contributed by atoms with E-state index < -0.39 is 11.7 Å². The summed E-state index contributed by atoms with van der Waals surface area (Å²) in [5.74, 6) is 0.738. The topological polar surface area (TPSA) is 116 Å². The minimum Gasteiger partial charge on any atom is -0.384 e. The van der Waals surface area contributed by atoms with Crippen molar-refractivity contribution in [2.75, 3.05) is 11.1 Å². The van der Waals surface area contributed by atoms with Crippen molar-refractivity contribution in [3.8, 4) is 17.2 Å². The van der Waals surface area contributed by atoms with Crippen LogP contribution in [0.5, 0.6) is 0 Å². The van der Waals surface area contributed by atoms with Gasteiger partial charge in [0.15, 0.2) is 5.65 Å². The molecule has 0 amide bonds. The molecule has 10 heteroatoms. The van der Waals surface area contributed by atoms with Crippen LogP contribution < -0.4 is 11.1 Å². The fraction of sp³-hybridized carbons (Fsp3) is 0.182. The second-order valence-electron chi connectivity index (χ2n) is 6.46. The Labute approximate surface area is 182 Å². The molecule has 0 bridgehead atoms. The highest BCUT2D eigenvalue weighted by atomic mass is 19.4. The number of alkyl halides is 3. The van der Waals surface area contributed by atoms with Crippen LogP contribution in [0.3, 0.4) is 0 Å². The zero-order valence-electron chi connectivity index (χ0n) is 17.3. The van der Waals surface area contributed by atoms with Crippen LogP contribution >= 0.6 is 0 Å². The van der Waals surface area contributed by atoms with Crippen molar-refractivity contribution in [3.63, 3.8) is 0 Å². The molecule has 3 heterocycles. The number of benzene rings is 1. The van der Waals surface area contributed by atoms with Crippen molar-refractivity contribution in [2.24, 2.45) is 0 Å². The first kappa shape index (κ1) is 22.6. The van der Waals surface area contributed by atoms with E-state index in [-0.39, 0.29) is 11.1 Å². The Morgan fingerprint density at radius 1 is 1.12 bits per heavy atom. The molecule has 0 atom stereocenters. The Morgan fingerprint density at radius 3 is 2.62 bits per heavy atom. The smallest absolute Gasteiger partial charge is 0.384 e. The molecule has 0 aliphatic carbocycles. The number of aromatic amines is 1. The minimum absolute atomic E-state index is 0.0291. The molecule has 32 heavy (non-hydrogen) atoms. The van der Waals surface area contributed by atoms with Crippen LogP contribution in [0.15, 0.2) is 48.7 Å². The number of nitrogen functional groups attached to an aromatic ring is 1. The lowest BCUT2D eigenvalue weighted by atomic mass is 9.98. The quantitative estimate of drug-likeness (QED) is 0.406. The fourth-order valence-electron chi connectivity index (χ4n) is 3.07. The molecule has 0 saturated carbocycles. The molecule has 164 valence electrons. The van der Waals surface area contributed by atoms with E-state index in [1.165, 1.54) is 30.5 Å². The number of nitrogens with two attached hydrogens (primary N) is 1. The summed E-state index contributed by atoms with van der Waals surface area (Å²) in [4.78, 5) is 8.28. The van der Waals surface area contributed by atoms with E-state index in [0.717, 1.165) is 17.1 Å². The standard InChI is InChI=1S/C20H14F3N7.C2H6/c21-20(22,23)15-7-11(9-24)1-2-13(15)12-5-6-26-18(8-12)27-10-16-14-3-4-17(25)28-19(14)30-29-16;1-2/h1-8H,10H2,(H,26,27)(H3,25,28,29,30);1-2H3. The Kier molecular flexibility index (Phi) is 6.59. The van der Waals surface area contributed by atoms with Gasteiger partial charge >= 0.3 is 6.18 Å². The number of anilines is 2. The molecule has 0 saturated heterocycles. The van der Waals surface area contributed by atoms with Gasteiger partial charge in [0.05, 0.1) is 29.4 Å². The number of halogens is 3. The molecule has 0 fully saturated rings. The molecule has 0 aliphatic rings. The maximum absolute atomic E-state index is 13.5. The summed E-state index contributed by atoms with van der Waals surface area (Å²) in [5, 5.41) is 19.7. The van der Waals surface area contributed by atoms with Crippen LogP contribution in [0.2, 0.25) is 0 Å². The molecular formula is C22H20F3N7. The molecule has 0 aliphatic heterocycles. The number of nitrogens with zero attached hydrogens (tertiary/aromatic N) is 4. The second-order valence-corrected chi connectivity index (χ2v) is 6.46. The maximum Gasteiger partial charge on any atom is 0.417 e. The SMILES string of the molecule is CC.N#Cc1ccc(-c2ccnc(NCc3[nH]nc4nc(N)ccc34)c2)c(C(F)(F)F)c1. The predicted molar refractivity (Wildman–Crippen MR) is 116 cm³/mol. The van der Waals surface area contributed by atoms with E-state index in [1.807, 2.05) is 13.8 Å². The van der Waals surface area contributed by atoms with E-state index in [9.17, 15) is 13.2 Å². The summed E-state index contributed by atoms with van der Waals surface area (Å²) in [6.45, 7) is 4.30. The van der Waals surface area contributed by atoms with Crippen molar-refractivity contribution < 1.29 is 13.2 Å². The van der Waals surface area contributed by atoms with Gasteiger partial charge in [0.2, 0.25) is 0 Å². The van der Waals surface area contributed by atoms with Gasteiger partial charge in [0.25, 0.3) is 0 Å². The molecule has 0 spiro atoms. The van der Waals surface area contributed by atoms with Crippen LogP contribution in [-0.4, -0.2) is 20.2 Å². The average Bonchev–Trinajstić information content (AvgIpc) is 3.20. The lowest BCUT2D eigenvalue weighted by Gasteiger charge is -2.14. The van der Waals surface area contributed by atoms with Gasteiger partial charge in [0.1, 0.15) is 11.6 Å². The van der Waals surface area contributed by atoms with Crippen molar-refractivity contribution >= 4 is 22.7 Å². The zero-order valence-corrected chi connectivity index (χ0v) is 17.3.